The van der Waals surface area contributed by atoms with E-state index < -0.39 is 0 Å². The maximum absolute atomic E-state index is 6.06. The molecule has 0 spiro atoms. The monoisotopic (exact) mass is 325 g/mol. The van der Waals surface area contributed by atoms with Crippen LogP contribution in [0.2, 0.25) is 5.02 Å². The Kier molecular flexibility index (Phi) is 4.64. The van der Waals surface area contributed by atoms with E-state index in [1.807, 2.05) is 42.5 Å². The van der Waals surface area contributed by atoms with Gasteiger partial charge in [-0.25, -0.2) is 0 Å². The van der Waals surface area contributed by atoms with Crippen molar-refractivity contribution in [1.29, 1.82) is 0 Å². The predicted octanol–water partition coefficient (Wildman–Crippen LogP) is 4.18. The fourth-order valence-electron chi connectivity index (χ4n) is 1.57. The van der Waals surface area contributed by atoms with E-state index in [1.54, 1.807) is 6.07 Å². The summed E-state index contributed by atoms with van der Waals surface area (Å²) >= 11 is 9.41. The highest BCUT2D eigenvalue weighted by Crippen LogP contribution is 2.28. The lowest BCUT2D eigenvalue weighted by atomic mass is 10.1. The molecule has 2 nitrogen and oxygen atoms in total. The summed E-state index contributed by atoms with van der Waals surface area (Å²) in [6.45, 7) is 0.394. The SMILES string of the molecule is NC(COc1ccc(Br)cc1Cl)c1ccccc1. The van der Waals surface area contributed by atoms with Gasteiger partial charge in [0.15, 0.2) is 0 Å². The summed E-state index contributed by atoms with van der Waals surface area (Å²) in [5.41, 5.74) is 7.09. The molecule has 0 saturated heterocycles. The maximum atomic E-state index is 6.06. The van der Waals surface area contributed by atoms with Crippen molar-refractivity contribution in [3.8, 4) is 5.75 Å². The van der Waals surface area contributed by atoms with E-state index in [-0.39, 0.29) is 6.04 Å². The van der Waals surface area contributed by atoms with Crippen LogP contribution in [-0.2, 0) is 0 Å². The van der Waals surface area contributed by atoms with Gasteiger partial charge in [-0.05, 0) is 23.8 Å². The van der Waals surface area contributed by atoms with Crippen LogP contribution < -0.4 is 10.5 Å². The van der Waals surface area contributed by atoms with Crippen LogP contribution in [0.25, 0.3) is 0 Å². The molecule has 4 heteroatoms. The molecule has 0 saturated carbocycles. The minimum absolute atomic E-state index is 0.161. The van der Waals surface area contributed by atoms with Crippen molar-refractivity contribution in [1.82, 2.24) is 0 Å². The van der Waals surface area contributed by atoms with E-state index in [0.29, 0.717) is 17.4 Å². The zero-order valence-electron chi connectivity index (χ0n) is 9.64. The average molecular weight is 327 g/mol. The Balaban J connectivity index is 1.99. The van der Waals surface area contributed by atoms with E-state index in [1.165, 1.54) is 0 Å². The molecule has 0 radical (unpaired) electrons. The van der Waals surface area contributed by atoms with Gasteiger partial charge in [0.1, 0.15) is 12.4 Å². The molecule has 0 amide bonds. The van der Waals surface area contributed by atoms with Gasteiger partial charge in [0.25, 0.3) is 0 Å². The van der Waals surface area contributed by atoms with Gasteiger partial charge in [-0.3, -0.25) is 0 Å². The van der Waals surface area contributed by atoms with Gasteiger partial charge in [-0.15, -0.1) is 0 Å². The number of rotatable bonds is 4. The first-order chi connectivity index (χ1) is 8.66. The molecular weight excluding hydrogens is 314 g/mol. The zero-order chi connectivity index (χ0) is 13.0. The standard InChI is InChI=1S/C14H13BrClNO/c15-11-6-7-14(12(16)8-11)18-9-13(17)10-4-2-1-3-5-10/h1-8,13H,9,17H2. The third-order valence-electron chi connectivity index (χ3n) is 2.54. The maximum Gasteiger partial charge on any atom is 0.138 e. The molecule has 94 valence electrons. The Morgan fingerprint density at radius 1 is 1.17 bits per heavy atom. The molecule has 2 aromatic rings. The highest BCUT2D eigenvalue weighted by Gasteiger charge is 2.08. The van der Waals surface area contributed by atoms with Crippen LogP contribution in [0, 0.1) is 0 Å². The van der Waals surface area contributed by atoms with Crippen molar-refractivity contribution >= 4 is 27.5 Å². The second-order valence-corrected chi connectivity index (χ2v) is 5.23. The van der Waals surface area contributed by atoms with Crippen LogP contribution in [-0.4, -0.2) is 6.61 Å². The summed E-state index contributed by atoms with van der Waals surface area (Å²) in [6, 6.07) is 15.2. The van der Waals surface area contributed by atoms with Crippen molar-refractivity contribution in [2.45, 2.75) is 6.04 Å². The first kappa shape index (κ1) is 13.4. The Hall–Kier alpha value is -1.03. The van der Waals surface area contributed by atoms with Crippen LogP contribution in [0.15, 0.2) is 53.0 Å². The van der Waals surface area contributed by atoms with Gasteiger partial charge < -0.3 is 10.5 Å². The second-order valence-electron chi connectivity index (χ2n) is 3.90. The van der Waals surface area contributed by atoms with Crippen LogP contribution in [0.4, 0.5) is 0 Å². The minimum atomic E-state index is -0.161. The Bertz CT molecular complexity index is 518. The Labute approximate surface area is 120 Å². The molecule has 0 aliphatic heterocycles. The van der Waals surface area contributed by atoms with Crippen molar-refractivity contribution in [2.24, 2.45) is 5.73 Å². The fourth-order valence-corrected chi connectivity index (χ4v) is 2.30. The number of hydrogen-bond acceptors (Lipinski definition) is 2. The molecular formula is C14H13BrClNO. The molecule has 0 aromatic heterocycles. The van der Waals surface area contributed by atoms with Crippen LogP contribution in [0.5, 0.6) is 5.75 Å². The number of nitrogens with two attached hydrogens (primary N) is 1. The Morgan fingerprint density at radius 2 is 1.89 bits per heavy atom. The molecule has 2 N–H and O–H groups in total. The molecule has 0 aliphatic rings. The quantitative estimate of drug-likeness (QED) is 0.914. The lowest BCUT2D eigenvalue weighted by Gasteiger charge is -2.14. The van der Waals surface area contributed by atoms with Crippen molar-refractivity contribution in [3.05, 3.63) is 63.6 Å². The molecule has 2 rings (SSSR count). The largest absolute Gasteiger partial charge is 0.490 e. The van der Waals surface area contributed by atoms with Gasteiger partial charge in [-0.2, -0.15) is 0 Å². The third kappa shape index (κ3) is 3.48. The molecule has 0 heterocycles. The van der Waals surface area contributed by atoms with Crippen molar-refractivity contribution in [3.63, 3.8) is 0 Å². The summed E-state index contributed by atoms with van der Waals surface area (Å²) < 4.78 is 6.55. The molecule has 0 bridgehead atoms. The number of halogens is 2. The first-order valence-corrected chi connectivity index (χ1v) is 6.72. The highest BCUT2D eigenvalue weighted by atomic mass is 79.9. The van der Waals surface area contributed by atoms with E-state index >= 15 is 0 Å². The number of benzene rings is 2. The lowest BCUT2D eigenvalue weighted by Crippen LogP contribution is -2.18. The summed E-state index contributed by atoms with van der Waals surface area (Å²) in [7, 11) is 0. The van der Waals surface area contributed by atoms with Gasteiger partial charge in [0.2, 0.25) is 0 Å². The Morgan fingerprint density at radius 3 is 2.56 bits per heavy atom. The average Bonchev–Trinajstić information content (AvgIpc) is 2.38. The number of ether oxygens (including phenoxy) is 1. The van der Waals surface area contributed by atoms with Gasteiger partial charge in [0.05, 0.1) is 11.1 Å². The van der Waals surface area contributed by atoms with Gasteiger partial charge in [0, 0.05) is 4.47 Å². The normalized spacial score (nSPS) is 12.2. The first-order valence-electron chi connectivity index (χ1n) is 5.55. The van der Waals surface area contributed by atoms with Gasteiger partial charge in [-0.1, -0.05) is 57.9 Å². The smallest absolute Gasteiger partial charge is 0.138 e. The summed E-state index contributed by atoms with van der Waals surface area (Å²) in [5.74, 6) is 0.645. The van der Waals surface area contributed by atoms with Crippen LogP contribution >= 0.6 is 27.5 Å². The summed E-state index contributed by atoms with van der Waals surface area (Å²) in [5, 5.41) is 0.574. The van der Waals surface area contributed by atoms with Crippen LogP contribution in [0.1, 0.15) is 11.6 Å². The molecule has 2 aromatic carbocycles. The van der Waals surface area contributed by atoms with Crippen LogP contribution in [0.3, 0.4) is 0 Å². The molecule has 18 heavy (non-hydrogen) atoms. The predicted molar refractivity (Wildman–Crippen MR) is 78.0 cm³/mol. The zero-order valence-corrected chi connectivity index (χ0v) is 12.0. The summed E-state index contributed by atoms with van der Waals surface area (Å²) in [6.07, 6.45) is 0. The van der Waals surface area contributed by atoms with E-state index in [4.69, 9.17) is 22.1 Å². The minimum Gasteiger partial charge on any atom is -0.490 e. The molecule has 0 fully saturated rings. The van der Waals surface area contributed by atoms with E-state index in [0.717, 1.165) is 10.0 Å². The summed E-state index contributed by atoms with van der Waals surface area (Å²) in [4.78, 5) is 0. The number of hydrogen-bond donors (Lipinski definition) is 1. The third-order valence-corrected chi connectivity index (χ3v) is 3.33. The van der Waals surface area contributed by atoms with Crippen molar-refractivity contribution < 1.29 is 4.74 Å². The topological polar surface area (TPSA) is 35.2 Å². The lowest BCUT2D eigenvalue weighted by molar-refractivity contribution is 0.291. The second kappa shape index (κ2) is 6.23. The highest BCUT2D eigenvalue weighted by molar-refractivity contribution is 9.10. The molecule has 0 aliphatic carbocycles. The van der Waals surface area contributed by atoms with E-state index in [2.05, 4.69) is 15.9 Å². The van der Waals surface area contributed by atoms with Gasteiger partial charge >= 0.3 is 0 Å². The molecule has 1 unspecified atom stereocenters. The van der Waals surface area contributed by atoms with Crippen molar-refractivity contribution in [2.75, 3.05) is 6.61 Å². The molecule has 1 atom stereocenters. The fraction of sp³-hybridized carbons (Fsp3) is 0.143. The van der Waals surface area contributed by atoms with E-state index in [9.17, 15) is 0 Å².